The third-order valence-electron chi connectivity index (χ3n) is 1.81. The first-order valence-electron chi connectivity index (χ1n) is 4.44. The molecule has 5 heteroatoms. The lowest BCUT2D eigenvalue weighted by Crippen LogP contribution is -1.98. The summed E-state index contributed by atoms with van der Waals surface area (Å²) in [6, 6.07) is 0. The first kappa shape index (κ1) is 11.3. The van der Waals surface area contributed by atoms with Gasteiger partial charge in [-0.1, -0.05) is 0 Å². The molecule has 2 N–H and O–H groups in total. The summed E-state index contributed by atoms with van der Waals surface area (Å²) < 4.78 is 4.96. The zero-order valence-corrected chi connectivity index (χ0v) is 9.30. The molecular formula is C9H15N3OS. The third-order valence-corrected chi connectivity index (χ3v) is 2.99. The fourth-order valence-corrected chi connectivity index (χ4v) is 1.86. The van der Waals surface area contributed by atoms with Crippen LogP contribution in [0.5, 0.6) is 0 Å². The van der Waals surface area contributed by atoms with Crippen molar-refractivity contribution < 1.29 is 4.74 Å². The summed E-state index contributed by atoms with van der Waals surface area (Å²) >= 11 is 1.69. The van der Waals surface area contributed by atoms with E-state index in [-0.39, 0.29) is 0 Å². The molecule has 0 aromatic carbocycles. The summed E-state index contributed by atoms with van der Waals surface area (Å²) in [5, 5.41) is 0.966. The number of nitrogens with two attached hydrogens (primary N) is 1. The molecule has 0 radical (unpaired) electrons. The largest absolute Gasteiger partial charge is 0.385 e. The number of hydrogen-bond donors (Lipinski definition) is 1. The normalized spacial score (nSPS) is 10.4. The van der Waals surface area contributed by atoms with Gasteiger partial charge in [0.05, 0.1) is 0 Å². The second-order valence-corrected chi connectivity index (χ2v) is 3.97. The average molecular weight is 213 g/mol. The van der Waals surface area contributed by atoms with Crippen LogP contribution in [0.15, 0.2) is 11.4 Å². The first-order valence-corrected chi connectivity index (χ1v) is 5.43. The minimum atomic E-state index is 0.564. The lowest BCUT2D eigenvalue weighted by atomic mass is 10.4. The Morgan fingerprint density at radius 3 is 3.00 bits per heavy atom. The molecular weight excluding hydrogens is 198 g/mol. The number of anilines is 1. The number of methoxy groups -OCH3 is 1. The SMILES string of the molecule is COCCCSc1ncnc(N)c1C. The van der Waals surface area contributed by atoms with Crippen LogP contribution in [0.25, 0.3) is 0 Å². The van der Waals surface area contributed by atoms with Gasteiger partial charge in [-0.05, 0) is 13.3 Å². The van der Waals surface area contributed by atoms with Gasteiger partial charge >= 0.3 is 0 Å². The highest BCUT2D eigenvalue weighted by Gasteiger charge is 2.03. The number of hydrogen-bond acceptors (Lipinski definition) is 5. The Morgan fingerprint density at radius 2 is 2.29 bits per heavy atom. The standard InChI is InChI=1S/C9H15N3OS/c1-7-8(10)11-6-12-9(7)14-5-3-4-13-2/h6H,3-5H2,1-2H3,(H2,10,11,12). The third kappa shape index (κ3) is 3.16. The summed E-state index contributed by atoms with van der Waals surface area (Å²) in [6.07, 6.45) is 2.52. The van der Waals surface area contributed by atoms with Crippen molar-refractivity contribution in [1.29, 1.82) is 0 Å². The molecule has 78 valence electrons. The average Bonchev–Trinajstić information content (AvgIpc) is 2.19. The maximum absolute atomic E-state index is 5.66. The molecule has 0 aliphatic heterocycles. The van der Waals surface area contributed by atoms with Crippen molar-refractivity contribution in [3.05, 3.63) is 11.9 Å². The summed E-state index contributed by atoms with van der Waals surface area (Å²) in [5.41, 5.74) is 6.63. The van der Waals surface area contributed by atoms with Crippen LogP contribution in [-0.2, 0) is 4.74 Å². The molecule has 1 aromatic rings. The molecule has 0 bridgehead atoms. The predicted molar refractivity (Wildman–Crippen MR) is 58.4 cm³/mol. The Labute approximate surface area is 88.3 Å². The van der Waals surface area contributed by atoms with Gasteiger partial charge < -0.3 is 10.5 Å². The molecule has 1 heterocycles. The van der Waals surface area contributed by atoms with Crippen molar-refractivity contribution in [2.24, 2.45) is 0 Å². The fraction of sp³-hybridized carbons (Fsp3) is 0.556. The van der Waals surface area contributed by atoms with Gasteiger partial charge in [0.1, 0.15) is 17.2 Å². The number of ether oxygens (including phenoxy) is 1. The van der Waals surface area contributed by atoms with E-state index in [0.29, 0.717) is 5.82 Å². The topological polar surface area (TPSA) is 61.0 Å². The first-order chi connectivity index (χ1) is 6.75. The van der Waals surface area contributed by atoms with Crippen LogP contribution in [0.4, 0.5) is 5.82 Å². The molecule has 1 rings (SSSR count). The number of nitrogen functional groups attached to an aromatic ring is 1. The molecule has 0 atom stereocenters. The Hall–Kier alpha value is -0.810. The molecule has 0 aliphatic carbocycles. The van der Waals surface area contributed by atoms with Gasteiger partial charge in [0.2, 0.25) is 0 Å². The van der Waals surface area contributed by atoms with Crippen LogP contribution in [-0.4, -0.2) is 29.4 Å². The molecule has 0 saturated carbocycles. The monoisotopic (exact) mass is 213 g/mol. The van der Waals surface area contributed by atoms with E-state index >= 15 is 0 Å². The van der Waals surface area contributed by atoms with E-state index < -0.39 is 0 Å². The number of nitrogens with zero attached hydrogens (tertiary/aromatic N) is 2. The van der Waals surface area contributed by atoms with Crippen molar-refractivity contribution >= 4 is 17.6 Å². The van der Waals surface area contributed by atoms with Crippen molar-refractivity contribution in [3.63, 3.8) is 0 Å². The van der Waals surface area contributed by atoms with Crippen LogP contribution in [0.2, 0.25) is 0 Å². The van der Waals surface area contributed by atoms with Crippen molar-refractivity contribution in [2.45, 2.75) is 18.4 Å². The highest BCUT2D eigenvalue weighted by atomic mass is 32.2. The van der Waals surface area contributed by atoms with Gasteiger partial charge in [-0.2, -0.15) is 0 Å². The zero-order valence-electron chi connectivity index (χ0n) is 8.49. The number of aromatic nitrogens is 2. The summed E-state index contributed by atoms with van der Waals surface area (Å²) in [6.45, 7) is 2.72. The molecule has 0 unspecified atom stereocenters. The van der Waals surface area contributed by atoms with Crippen LogP contribution in [0.3, 0.4) is 0 Å². The summed E-state index contributed by atoms with van der Waals surface area (Å²) in [5.74, 6) is 1.56. The van der Waals surface area contributed by atoms with Crippen LogP contribution in [0.1, 0.15) is 12.0 Å². The van der Waals surface area contributed by atoms with Gasteiger partial charge in [0.25, 0.3) is 0 Å². The van der Waals surface area contributed by atoms with E-state index in [1.807, 2.05) is 6.92 Å². The van der Waals surface area contributed by atoms with E-state index in [4.69, 9.17) is 10.5 Å². The van der Waals surface area contributed by atoms with E-state index in [1.165, 1.54) is 6.33 Å². The Kier molecular flexibility index (Phi) is 4.69. The van der Waals surface area contributed by atoms with Crippen molar-refractivity contribution in [2.75, 3.05) is 25.2 Å². The Morgan fingerprint density at radius 1 is 1.50 bits per heavy atom. The van der Waals surface area contributed by atoms with Crippen molar-refractivity contribution in [3.8, 4) is 0 Å². The molecule has 0 amide bonds. The smallest absolute Gasteiger partial charge is 0.130 e. The summed E-state index contributed by atoms with van der Waals surface area (Å²) in [7, 11) is 1.71. The van der Waals surface area contributed by atoms with E-state index in [2.05, 4.69) is 9.97 Å². The molecule has 4 nitrogen and oxygen atoms in total. The predicted octanol–water partition coefficient (Wildman–Crippen LogP) is 1.50. The molecule has 1 aromatic heterocycles. The lowest BCUT2D eigenvalue weighted by Gasteiger charge is -2.05. The van der Waals surface area contributed by atoms with E-state index in [0.717, 1.165) is 29.4 Å². The van der Waals surface area contributed by atoms with Crippen LogP contribution >= 0.6 is 11.8 Å². The minimum absolute atomic E-state index is 0.564. The van der Waals surface area contributed by atoms with Gasteiger partial charge in [-0.3, -0.25) is 0 Å². The highest BCUT2D eigenvalue weighted by Crippen LogP contribution is 2.22. The second-order valence-electron chi connectivity index (χ2n) is 2.88. The molecule has 0 fully saturated rings. The fourth-order valence-electron chi connectivity index (χ4n) is 0.964. The van der Waals surface area contributed by atoms with Gasteiger partial charge in [-0.15, -0.1) is 11.8 Å². The zero-order chi connectivity index (χ0) is 10.4. The van der Waals surface area contributed by atoms with Crippen LogP contribution in [0, 0.1) is 6.92 Å². The second kappa shape index (κ2) is 5.82. The number of thioether (sulfide) groups is 1. The van der Waals surface area contributed by atoms with E-state index in [1.54, 1.807) is 18.9 Å². The maximum Gasteiger partial charge on any atom is 0.130 e. The maximum atomic E-state index is 5.66. The lowest BCUT2D eigenvalue weighted by molar-refractivity contribution is 0.200. The van der Waals surface area contributed by atoms with Gasteiger partial charge in [0.15, 0.2) is 0 Å². The van der Waals surface area contributed by atoms with Gasteiger partial charge in [0, 0.05) is 25.0 Å². The molecule has 14 heavy (non-hydrogen) atoms. The van der Waals surface area contributed by atoms with Gasteiger partial charge in [-0.25, -0.2) is 9.97 Å². The Bertz CT molecular complexity index is 293. The Balaban J connectivity index is 2.46. The van der Waals surface area contributed by atoms with E-state index in [9.17, 15) is 0 Å². The number of rotatable bonds is 5. The highest BCUT2D eigenvalue weighted by molar-refractivity contribution is 7.99. The van der Waals surface area contributed by atoms with Crippen LogP contribution < -0.4 is 5.73 Å². The quantitative estimate of drug-likeness (QED) is 0.456. The molecule has 0 aliphatic rings. The molecule has 0 saturated heterocycles. The molecule has 0 spiro atoms. The minimum Gasteiger partial charge on any atom is -0.385 e. The van der Waals surface area contributed by atoms with Crippen molar-refractivity contribution in [1.82, 2.24) is 9.97 Å². The summed E-state index contributed by atoms with van der Waals surface area (Å²) in [4.78, 5) is 8.08.